The summed E-state index contributed by atoms with van der Waals surface area (Å²) in [5.74, 6) is 0.336. The summed E-state index contributed by atoms with van der Waals surface area (Å²) in [7, 11) is 0. The lowest BCUT2D eigenvalue weighted by molar-refractivity contribution is -0.149. The van der Waals surface area contributed by atoms with Crippen molar-refractivity contribution in [3.05, 3.63) is 29.8 Å². The number of nitrogens with one attached hydrogen (secondary N) is 1. The molecule has 1 atom stereocenters. The molecule has 0 saturated heterocycles. The minimum atomic E-state index is -0.960. The molecule has 1 aliphatic rings. The van der Waals surface area contributed by atoms with Gasteiger partial charge in [-0.2, -0.15) is 0 Å². The number of rotatable bonds is 12. The quantitative estimate of drug-likeness (QED) is 0.556. The fourth-order valence-corrected chi connectivity index (χ4v) is 3.23. The molecule has 29 heavy (non-hydrogen) atoms. The average Bonchev–Trinajstić information content (AvgIpc) is 2.63. The molecule has 1 aliphatic carbocycles. The third kappa shape index (κ3) is 7.93. The van der Waals surface area contributed by atoms with Crippen LogP contribution in [0, 0.1) is 5.92 Å². The molecule has 1 unspecified atom stereocenters. The van der Waals surface area contributed by atoms with E-state index in [1.165, 1.54) is 19.3 Å². The number of urea groups is 1. The maximum absolute atomic E-state index is 12.4. The van der Waals surface area contributed by atoms with E-state index < -0.39 is 12.1 Å². The maximum Gasteiger partial charge on any atom is 0.333 e. The van der Waals surface area contributed by atoms with Crippen LogP contribution in [-0.4, -0.2) is 60.5 Å². The highest BCUT2D eigenvalue weighted by atomic mass is 16.5. The Hall–Kier alpha value is -2.28. The second-order valence-electron chi connectivity index (χ2n) is 7.83. The Labute approximate surface area is 173 Å². The molecule has 2 rings (SSSR count). The molecule has 1 fully saturated rings. The first-order valence-electron chi connectivity index (χ1n) is 10.5. The highest BCUT2D eigenvalue weighted by molar-refractivity contribution is 5.74. The van der Waals surface area contributed by atoms with Crippen molar-refractivity contribution in [3.8, 4) is 5.75 Å². The van der Waals surface area contributed by atoms with Crippen LogP contribution >= 0.6 is 0 Å². The van der Waals surface area contributed by atoms with Gasteiger partial charge in [0, 0.05) is 25.6 Å². The first kappa shape index (κ1) is 23.0. The predicted molar refractivity (Wildman–Crippen MR) is 111 cm³/mol. The Kier molecular flexibility index (Phi) is 9.25. The van der Waals surface area contributed by atoms with Crippen LogP contribution in [0.2, 0.25) is 0 Å². The van der Waals surface area contributed by atoms with Crippen LogP contribution in [0.25, 0.3) is 0 Å². The largest absolute Gasteiger partial charge is 0.492 e. The van der Waals surface area contributed by atoms with Crippen molar-refractivity contribution < 1.29 is 24.2 Å². The topological polar surface area (TPSA) is 88.1 Å². The Balaban J connectivity index is 1.83. The van der Waals surface area contributed by atoms with Gasteiger partial charge in [0.15, 0.2) is 6.10 Å². The molecule has 7 heteroatoms. The molecule has 2 N–H and O–H groups in total. The molecule has 0 heterocycles. The summed E-state index contributed by atoms with van der Waals surface area (Å²) in [6, 6.07) is 7.41. The highest BCUT2D eigenvalue weighted by Crippen LogP contribution is 2.27. The van der Waals surface area contributed by atoms with Gasteiger partial charge in [0.05, 0.1) is 6.54 Å². The number of aliphatic carboxylic acids is 1. The van der Waals surface area contributed by atoms with Gasteiger partial charge < -0.3 is 24.8 Å². The van der Waals surface area contributed by atoms with Crippen molar-refractivity contribution in [2.45, 2.75) is 58.6 Å². The molecule has 7 nitrogen and oxygen atoms in total. The van der Waals surface area contributed by atoms with Crippen molar-refractivity contribution in [2.75, 3.05) is 26.3 Å². The van der Waals surface area contributed by atoms with Gasteiger partial charge in [0.25, 0.3) is 0 Å². The van der Waals surface area contributed by atoms with E-state index in [4.69, 9.17) is 9.47 Å². The zero-order valence-electron chi connectivity index (χ0n) is 17.7. The van der Waals surface area contributed by atoms with Gasteiger partial charge in [0.1, 0.15) is 12.4 Å². The standard InChI is InChI=1S/C22H34N2O5/c1-4-28-20(21(25)26)14-17-8-10-19(11-9-17)29-13-12-24(15-18-6-5-7-18)22(27)23-16(2)3/h8-11,16,18,20H,4-7,12-15H2,1-3H3,(H,23,27)(H,25,26). The molecule has 0 bridgehead atoms. The van der Waals surface area contributed by atoms with E-state index in [0.29, 0.717) is 37.8 Å². The Morgan fingerprint density at radius 2 is 1.93 bits per heavy atom. The summed E-state index contributed by atoms with van der Waals surface area (Å²) in [5, 5.41) is 12.1. The van der Waals surface area contributed by atoms with Crippen LogP contribution in [0.5, 0.6) is 5.75 Å². The number of hydrogen-bond acceptors (Lipinski definition) is 4. The molecule has 0 aromatic heterocycles. The molecule has 1 saturated carbocycles. The second kappa shape index (κ2) is 11.7. The van der Waals surface area contributed by atoms with E-state index in [1.807, 2.05) is 43.0 Å². The Bertz CT molecular complexity index is 643. The fourth-order valence-electron chi connectivity index (χ4n) is 3.23. The molecule has 1 aromatic rings. The van der Waals surface area contributed by atoms with Crippen LogP contribution < -0.4 is 10.1 Å². The number of nitrogens with zero attached hydrogens (tertiary/aromatic N) is 1. The molecule has 2 amide bonds. The highest BCUT2D eigenvalue weighted by Gasteiger charge is 2.24. The lowest BCUT2D eigenvalue weighted by Gasteiger charge is -2.32. The first-order chi connectivity index (χ1) is 13.9. The zero-order chi connectivity index (χ0) is 21.2. The lowest BCUT2D eigenvalue weighted by Crippen LogP contribution is -2.47. The van der Waals surface area contributed by atoms with Crippen molar-refractivity contribution in [1.29, 1.82) is 0 Å². The first-order valence-corrected chi connectivity index (χ1v) is 10.5. The van der Waals surface area contributed by atoms with Gasteiger partial charge in [-0.1, -0.05) is 18.6 Å². The van der Waals surface area contributed by atoms with Crippen molar-refractivity contribution >= 4 is 12.0 Å². The van der Waals surface area contributed by atoms with Gasteiger partial charge in [-0.25, -0.2) is 9.59 Å². The van der Waals surface area contributed by atoms with Crippen LogP contribution in [0.1, 0.15) is 45.6 Å². The Morgan fingerprint density at radius 3 is 2.45 bits per heavy atom. The fraction of sp³-hybridized carbons (Fsp3) is 0.636. The summed E-state index contributed by atoms with van der Waals surface area (Å²) in [6.45, 7) is 7.77. The SMILES string of the molecule is CCOC(Cc1ccc(OCCN(CC2CCC2)C(=O)NC(C)C)cc1)C(=O)O. The summed E-state index contributed by atoms with van der Waals surface area (Å²) in [6.07, 6.45) is 3.10. The van der Waals surface area contributed by atoms with Gasteiger partial charge in [-0.3, -0.25) is 0 Å². The molecule has 0 radical (unpaired) electrons. The van der Waals surface area contributed by atoms with Gasteiger partial charge in [-0.05, 0) is 57.2 Å². The van der Waals surface area contributed by atoms with Crippen molar-refractivity contribution in [3.63, 3.8) is 0 Å². The molecular weight excluding hydrogens is 372 g/mol. The monoisotopic (exact) mass is 406 g/mol. The summed E-state index contributed by atoms with van der Waals surface area (Å²) in [5.41, 5.74) is 0.876. The third-order valence-corrected chi connectivity index (χ3v) is 5.02. The number of ether oxygens (including phenoxy) is 2. The molecule has 0 spiro atoms. The number of carboxylic acids is 1. The maximum atomic E-state index is 12.4. The predicted octanol–water partition coefficient (Wildman–Crippen LogP) is 3.32. The van der Waals surface area contributed by atoms with E-state index in [1.54, 1.807) is 6.92 Å². The number of hydrogen-bond donors (Lipinski definition) is 2. The number of carbonyl (C=O) groups is 2. The van der Waals surface area contributed by atoms with Gasteiger partial charge in [0.2, 0.25) is 0 Å². The van der Waals surface area contributed by atoms with E-state index in [0.717, 1.165) is 12.1 Å². The third-order valence-electron chi connectivity index (χ3n) is 5.02. The number of carbonyl (C=O) groups excluding carboxylic acids is 1. The van der Waals surface area contributed by atoms with E-state index in [2.05, 4.69) is 5.32 Å². The lowest BCUT2D eigenvalue weighted by atomic mass is 9.85. The van der Waals surface area contributed by atoms with Crippen LogP contribution in [0.15, 0.2) is 24.3 Å². The zero-order valence-corrected chi connectivity index (χ0v) is 17.7. The molecule has 0 aliphatic heterocycles. The molecule has 162 valence electrons. The average molecular weight is 407 g/mol. The van der Waals surface area contributed by atoms with Crippen molar-refractivity contribution in [2.24, 2.45) is 5.92 Å². The number of amides is 2. The van der Waals surface area contributed by atoms with Gasteiger partial charge >= 0.3 is 12.0 Å². The molecule has 1 aromatic carbocycles. The smallest absolute Gasteiger partial charge is 0.333 e. The van der Waals surface area contributed by atoms with E-state index in [-0.39, 0.29) is 12.1 Å². The minimum Gasteiger partial charge on any atom is -0.492 e. The number of carboxylic acid groups (broad SMARTS) is 1. The normalized spacial score (nSPS) is 14.9. The van der Waals surface area contributed by atoms with E-state index in [9.17, 15) is 14.7 Å². The minimum absolute atomic E-state index is 0.0403. The van der Waals surface area contributed by atoms with Gasteiger partial charge in [-0.15, -0.1) is 0 Å². The van der Waals surface area contributed by atoms with Crippen LogP contribution in [-0.2, 0) is 16.0 Å². The summed E-state index contributed by atoms with van der Waals surface area (Å²) in [4.78, 5) is 25.5. The Morgan fingerprint density at radius 1 is 1.24 bits per heavy atom. The van der Waals surface area contributed by atoms with E-state index >= 15 is 0 Å². The molecular formula is C22H34N2O5. The number of benzene rings is 1. The van der Waals surface area contributed by atoms with Crippen molar-refractivity contribution in [1.82, 2.24) is 10.2 Å². The van der Waals surface area contributed by atoms with Crippen LogP contribution in [0.4, 0.5) is 4.79 Å². The summed E-state index contributed by atoms with van der Waals surface area (Å²) >= 11 is 0. The second-order valence-corrected chi connectivity index (χ2v) is 7.83. The van der Waals surface area contributed by atoms with Crippen LogP contribution in [0.3, 0.4) is 0 Å². The summed E-state index contributed by atoms with van der Waals surface area (Å²) < 4.78 is 11.1.